The molecule has 1 saturated carbocycles. The lowest BCUT2D eigenvalue weighted by atomic mass is 9.80. The van der Waals surface area contributed by atoms with Gasteiger partial charge in [0.05, 0.1) is 11.7 Å². The van der Waals surface area contributed by atoms with Gasteiger partial charge in [-0.25, -0.2) is 19.7 Å². The highest BCUT2D eigenvalue weighted by Crippen LogP contribution is 2.46. The molecule has 1 aliphatic heterocycles. The number of rotatable bonds is 5. The van der Waals surface area contributed by atoms with Crippen LogP contribution in [0.5, 0.6) is 0 Å². The number of amides is 1. The lowest BCUT2D eigenvalue weighted by molar-refractivity contribution is 0.0664. The first-order chi connectivity index (χ1) is 16.4. The molecule has 1 aliphatic carbocycles. The molecule has 8 heteroatoms. The van der Waals surface area contributed by atoms with Crippen LogP contribution in [0.25, 0.3) is 0 Å². The van der Waals surface area contributed by atoms with Gasteiger partial charge in [0.1, 0.15) is 11.4 Å². The largest absolute Gasteiger partial charge is 0.441 e. The molecule has 0 bridgehead atoms. The molecular weight excluding hydrogens is 428 g/mol. The molecule has 0 radical (unpaired) electrons. The number of pyridine rings is 1. The van der Waals surface area contributed by atoms with Crippen molar-refractivity contribution >= 4 is 23.5 Å². The summed E-state index contributed by atoms with van der Waals surface area (Å²) in [5.74, 6) is 1.25. The quantitative estimate of drug-likeness (QED) is 0.541. The second-order valence-corrected chi connectivity index (χ2v) is 9.60. The number of cyclic esters (lactones) is 1. The topological polar surface area (TPSA) is 106 Å². The van der Waals surface area contributed by atoms with Crippen molar-refractivity contribution in [3.05, 3.63) is 72.2 Å². The van der Waals surface area contributed by atoms with Crippen LogP contribution in [0.15, 0.2) is 61.1 Å². The van der Waals surface area contributed by atoms with Crippen LogP contribution in [0.3, 0.4) is 0 Å². The molecular formula is C26H30N6O2. The van der Waals surface area contributed by atoms with Gasteiger partial charge in [0.15, 0.2) is 0 Å². The summed E-state index contributed by atoms with van der Waals surface area (Å²) in [4.78, 5) is 27.7. The maximum atomic E-state index is 12.9. The van der Waals surface area contributed by atoms with Crippen molar-refractivity contribution in [2.45, 2.75) is 63.1 Å². The second kappa shape index (κ2) is 8.93. The summed E-state index contributed by atoms with van der Waals surface area (Å²) in [6.45, 7) is 4.00. The maximum Gasteiger partial charge on any atom is 0.411 e. The zero-order chi connectivity index (χ0) is 23.7. The summed E-state index contributed by atoms with van der Waals surface area (Å²) in [5, 5.41) is 3.16. The van der Waals surface area contributed by atoms with E-state index in [4.69, 9.17) is 10.5 Å². The molecule has 176 valence electrons. The first kappa shape index (κ1) is 22.1. The highest BCUT2D eigenvalue weighted by molar-refractivity contribution is 5.72. The fourth-order valence-electron chi connectivity index (χ4n) is 5.32. The molecule has 2 fully saturated rings. The number of carbonyl (C=O) groups is 1. The summed E-state index contributed by atoms with van der Waals surface area (Å²) in [6, 6.07) is 14.1. The van der Waals surface area contributed by atoms with Crippen molar-refractivity contribution in [3.8, 4) is 0 Å². The van der Waals surface area contributed by atoms with E-state index in [0.29, 0.717) is 23.4 Å². The molecule has 8 nitrogen and oxygen atoms in total. The molecule has 2 aliphatic rings. The van der Waals surface area contributed by atoms with Crippen molar-refractivity contribution < 1.29 is 9.53 Å². The Hall–Kier alpha value is -3.68. The molecule has 3 heterocycles. The number of ether oxygens (including phenoxy) is 1. The number of anilines is 3. The van der Waals surface area contributed by atoms with Crippen LogP contribution in [-0.2, 0) is 4.74 Å². The molecule has 2 aromatic heterocycles. The van der Waals surface area contributed by atoms with E-state index in [-0.39, 0.29) is 18.2 Å². The lowest BCUT2D eigenvalue weighted by Gasteiger charge is -2.38. The van der Waals surface area contributed by atoms with Crippen LogP contribution in [0, 0.1) is 0 Å². The standard InChI is InChI=1S/C26H30N6O2/c1-26(2)22(18-7-4-3-5-8-18)32(25(33)34-26)20-11-9-17(10-12-20)19-15-21(23(27)30-16-19)31-24-28-13-6-14-29-24/h3-8,13-17,20,22H,9-12H2,1-2H3,(H2,27,30)(H,28,29,31)/t17?,20?,22-/m0/s1. The first-order valence-electron chi connectivity index (χ1n) is 11.8. The van der Waals surface area contributed by atoms with E-state index in [1.54, 1.807) is 18.5 Å². The smallest absolute Gasteiger partial charge is 0.411 e. The van der Waals surface area contributed by atoms with Crippen molar-refractivity contribution in [2.24, 2.45) is 0 Å². The van der Waals surface area contributed by atoms with E-state index in [1.807, 2.05) is 49.2 Å². The molecule has 34 heavy (non-hydrogen) atoms. The fraction of sp³-hybridized carbons (Fsp3) is 0.385. The Labute approximate surface area is 199 Å². The molecule has 3 N–H and O–H groups in total. The molecule has 1 atom stereocenters. The Bertz CT molecular complexity index is 1150. The van der Waals surface area contributed by atoms with Crippen LogP contribution in [0.1, 0.15) is 62.6 Å². The van der Waals surface area contributed by atoms with Crippen LogP contribution in [0.2, 0.25) is 0 Å². The Morgan fingerprint density at radius 1 is 1.00 bits per heavy atom. The molecule has 1 aromatic carbocycles. The fourth-order valence-corrected chi connectivity index (χ4v) is 5.32. The number of nitrogens with zero attached hydrogens (tertiary/aromatic N) is 4. The van der Waals surface area contributed by atoms with Gasteiger partial charge in [-0.1, -0.05) is 30.3 Å². The lowest BCUT2D eigenvalue weighted by Crippen LogP contribution is -2.42. The van der Waals surface area contributed by atoms with Crippen molar-refractivity contribution in [1.29, 1.82) is 0 Å². The van der Waals surface area contributed by atoms with Crippen LogP contribution >= 0.6 is 0 Å². The Morgan fingerprint density at radius 3 is 2.41 bits per heavy atom. The Morgan fingerprint density at radius 2 is 1.71 bits per heavy atom. The normalized spacial score (nSPS) is 24.0. The van der Waals surface area contributed by atoms with Crippen molar-refractivity contribution in [2.75, 3.05) is 11.1 Å². The third-order valence-electron chi connectivity index (χ3n) is 6.93. The molecule has 1 amide bonds. The maximum absolute atomic E-state index is 12.9. The average molecular weight is 459 g/mol. The van der Waals surface area contributed by atoms with E-state index in [1.165, 1.54) is 0 Å². The highest BCUT2D eigenvalue weighted by Gasteiger charge is 2.51. The second-order valence-electron chi connectivity index (χ2n) is 9.60. The van der Waals surface area contributed by atoms with Gasteiger partial charge >= 0.3 is 6.09 Å². The number of hydrogen-bond acceptors (Lipinski definition) is 7. The molecule has 3 aromatic rings. The summed E-state index contributed by atoms with van der Waals surface area (Å²) < 4.78 is 5.82. The van der Waals surface area contributed by atoms with Gasteiger partial charge in [0.25, 0.3) is 0 Å². The number of nitrogen functional groups attached to an aromatic ring is 1. The third kappa shape index (κ3) is 4.27. The van der Waals surface area contributed by atoms with Gasteiger partial charge in [-0.05, 0) is 68.7 Å². The number of hydrogen-bond donors (Lipinski definition) is 2. The molecule has 1 saturated heterocycles. The zero-order valence-electron chi connectivity index (χ0n) is 19.5. The first-order valence-corrected chi connectivity index (χ1v) is 11.8. The predicted molar refractivity (Wildman–Crippen MR) is 131 cm³/mol. The summed E-state index contributed by atoms with van der Waals surface area (Å²) in [5.41, 5.74) is 8.48. The van der Waals surface area contributed by atoms with E-state index in [9.17, 15) is 4.79 Å². The van der Waals surface area contributed by atoms with E-state index in [0.717, 1.165) is 36.8 Å². The molecule has 0 spiro atoms. The van der Waals surface area contributed by atoms with Crippen molar-refractivity contribution in [1.82, 2.24) is 19.9 Å². The van der Waals surface area contributed by atoms with E-state index >= 15 is 0 Å². The van der Waals surface area contributed by atoms with Gasteiger partial charge in [-0.15, -0.1) is 0 Å². The van der Waals surface area contributed by atoms with Gasteiger partial charge in [-0.2, -0.15) is 0 Å². The number of aromatic nitrogens is 3. The number of nitrogens with one attached hydrogen (secondary N) is 1. The van der Waals surface area contributed by atoms with Crippen LogP contribution in [-0.4, -0.2) is 37.6 Å². The number of nitrogens with two attached hydrogens (primary N) is 1. The molecule has 5 rings (SSSR count). The van der Waals surface area contributed by atoms with Crippen LogP contribution in [0.4, 0.5) is 22.2 Å². The predicted octanol–water partition coefficient (Wildman–Crippen LogP) is 5.20. The minimum Gasteiger partial charge on any atom is -0.441 e. The number of carbonyl (C=O) groups excluding carboxylic acids is 1. The average Bonchev–Trinajstić information content (AvgIpc) is 3.09. The van der Waals surface area contributed by atoms with Gasteiger partial charge in [0.2, 0.25) is 5.95 Å². The van der Waals surface area contributed by atoms with Gasteiger partial charge < -0.3 is 15.8 Å². The highest BCUT2D eigenvalue weighted by atomic mass is 16.6. The summed E-state index contributed by atoms with van der Waals surface area (Å²) >= 11 is 0. The Kier molecular flexibility index (Phi) is 5.81. The SMILES string of the molecule is CC1(C)OC(=O)N(C2CCC(c3cnc(N)c(Nc4ncccn4)c3)CC2)[C@H]1c1ccccc1. The number of benzene rings is 1. The minimum atomic E-state index is -0.573. The van der Waals surface area contributed by atoms with Crippen LogP contribution < -0.4 is 11.1 Å². The molecule has 0 unspecified atom stereocenters. The summed E-state index contributed by atoms with van der Waals surface area (Å²) in [6.07, 6.45) is 8.74. The van der Waals surface area contributed by atoms with E-state index < -0.39 is 5.60 Å². The monoisotopic (exact) mass is 458 g/mol. The van der Waals surface area contributed by atoms with Crippen molar-refractivity contribution in [3.63, 3.8) is 0 Å². The summed E-state index contributed by atoms with van der Waals surface area (Å²) in [7, 11) is 0. The van der Waals surface area contributed by atoms with Gasteiger partial charge in [-0.3, -0.25) is 4.90 Å². The third-order valence-corrected chi connectivity index (χ3v) is 6.93. The Balaban J connectivity index is 1.31. The zero-order valence-corrected chi connectivity index (χ0v) is 19.5. The minimum absolute atomic E-state index is 0.0948. The van der Waals surface area contributed by atoms with Gasteiger partial charge in [0, 0.05) is 24.6 Å². The van der Waals surface area contributed by atoms with E-state index in [2.05, 4.69) is 32.4 Å².